The Hall–Kier alpha value is -2.10. The summed E-state index contributed by atoms with van der Waals surface area (Å²) >= 11 is 0. The Labute approximate surface area is 98.9 Å². The number of carbonyl (C=O) groups excluding carboxylic acids is 1. The number of hydrogen-bond acceptors (Lipinski definition) is 2. The molecule has 1 amide bonds. The van der Waals surface area contributed by atoms with Gasteiger partial charge in [-0.3, -0.25) is 9.59 Å². The van der Waals surface area contributed by atoms with Crippen molar-refractivity contribution in [2.75, 3.05) is 11.9 Å². The average molecular weight is 230 g/mol. The van der Waals surface area contributed by atoms with Gasteiger partial charge in [0, 0.05) is 42.3 Å². The molecule has 0 spiro atoms. The van der Waals surface area contributed by atoms with Crippen molar-refractivity contribution < 1.29 is 4.79 Å². The van der Waals surface area contributed by atoms with Crippen LogP contribution in [0, 0.1) is 6.92 Å². The maximum atomic E-state index is 11.8. The lowest BCUT2D eigenvalue weighted by molar-refractivity contribution is -0.116. The molecule has 0 unspecified atom stereocenters. The monoisotopic (exact) mass is 230 g/mol. The molecule has 0 aliphatic rings. The van der Waals surface area contributed by atoms with E-state index >= 15 is 0 Å². The van der Waals surface area contributed by atoms with E-state index in [-0.39, 0.29) is 11.3 Å². The summed E-state index contributed by atoms with van der Waals surface area (Å²) < 4.78 is 0. The normalized spacial score (nSPS) is 10.5. The van der Waals surface area contributed by atoms with Crippen LogP contribution in [0.3, 0.4) is 0 Å². The van der Waals surface area contributed by atoms with Gasteiger partial charge in [0.2, 0.25) is 5.91 Å². The van der Waals surface area contributed by atoms with Gasteiger partial charge >= 0.3 is 0 Å². The fourth-order valence-corrected chi connectivity index (χ4v) is 1.76. The van der Waals surface area contributed by atoms with Crippen molar-refractivity contribution in [3.8, 4) is 0 Å². The van der Waals surface area contributed by atoms with Gasteiger partial charge in [0.25, 0.3) is 0 Å². The van der Waals surface area contributed by atoms with E-state index < -0.39 is 0 Å². The van der Waals surface area contributed by atoms with Crippen LogP contribution in [-0.4, -0.2) is 17.9 Å². The number of H-pyrrole nitrogens is 1. The fraction of sp³-hybridized carbons (Fsp3) is 0.231. The first-order chi connectivity index (χ1) is 7.99. The number of nitrogens with zero attached hydrogens (tertiary/aromatic N) is 1. The zero-order valence-corrected chi connectivity index (χ0v) is 10.1. The highest BCUT2D eigenvalue weighted by Crippen LogP contribution is 2.18. The van der Waals surface area contributed by atoms with E-state index in [1.54, 1.807) is 19.2 Å². The number of nitrogens with one attached hydrogen (secondary N) is 1. The van der Waals surface area contributed by atoms with Crippen LogP contribution in [0.1, 0.15) is 12.6 Å². The summed E-state index contributed by atoms with van der Waals surface area (Å²) in [5.41, 5.74) is 2.31. The number of hydrogen-bond donors (Lipinski definition) is 1. The third-order valence-electron chi connectivity index (χ3n) is 2.81. The number of amides is 1. The lowest BCUT2D eigenvalue weighted by Crippen LogP contribution is -2.22. The molecule has 1 N–H and O–H groups in total. The maximum Gasteiger partial charge on any atom is 0.223 e. The summed E-state index contributed by atoms with van der Waals surface area (Å²) in [6.45, 7) is 3.33. The van der Waals surface area contributed by atoms with Gasteiger partial charge in [-0.05, 0) is 25.1 Å². The third kappa shape index (κ3) is 2.06. The van der Waals surface area contributed by atoms with Crippen LogP contribution in [0.15, 0.2) is 29.1 Å². The number of aromatic amines is 1. The van der Waals surface area contributed by atoms with Crippen LogP contribution in [0.4, 0.5) is 5.69 Å². The first kappa shape index (κ1) is 11.4. The van der Waals surface area contributed by atoms with Crippen LogP contribution in [0.2, 0.25) is 0 Å². The minimum absolute atomic E-state index is 0.0324. The topological polar surface area (TPSA) is 53.2 Å². The summed E-state index contributed by atoms with van der Waals surface area (Å²) in [6, 6.07) is 6.92. The van der Waals surface area contributed by atoms with Crippen LogP contribution >= 0.6 is 0 Å². The number of benzene rings is 1. The molecule has 88 valence electrons. The summed E-state index contributed by atoms with van der Waals surface area (Å²) in [6.07, 6.45) is 0. The Balaban J connectivity index is 2.66. The van der Waals surface area contributed by atoms with Crippen molar-refractivity contribution in [3.63, 3.8) is 0 Å². The highest BCUT2D eigenvalue weighted by atomic mass is 16.2. The molecule has 1 aromatic heterocycles. The van der Waals surface area contributed by atoms with Crippen molar-refractivity contribution >= 4 is 22.5 Å². The van der Waals surface area contributed by atoms with Crippen LogP contribution in [0.5, 0.6) is 0 Å². The molecule has 0 bridgehead atoms. The smallest absolute Gasteiger partial charge is 0.223 e. The summed E-state index contributed by atoms with van der Waals surface area (Å²) in [5, 5.41) is 0.598. The van der Waals surface area contributed by atoms with Crippen molar-refractivity contribution in [2.24, 2.45) is 0 Å². The van der Waals surface area contributed by atoms with Gasteiger partial charge in [-0.1, -0.05) is 0 Å². The van der Waals surface area contributed by atoms with Gasteiger partial charge in [0.15, 0.2) is 5.43 Å². The Morgan fingerprint density at radius 2 is 2.00 bits per heavy atom. The molecule has 0 aliphatic heterocycles. The van der Waals surface area contributed by atoms with E-state index in [2.05, 4.69) is 4.98 Å². The maximum absolute atomic E-state index is 11.8. The molecule has 2 rings (SSSR count). The van der Waals surface area contributed by atoms with Crippen molar-refractivity contribution in [2.45, 2.75) is 13.8 Å². The minimum Gasteiger partial charge on any atom is -0.358 e. The average Bonchev–Trinajstić information content (AvgIpc) is 2.27. The molecule has 0 saturated heterocycles. The number of fused-ring (bicyclic) bond motifs is 1. The molecule has 1 aromatic carbocycles. The van der Waals surface area contributed by atoms with Gasteiger partial charge in [-0.2, -0.15) is 0 Å². The lowest BCUT2D eigenvalue weighted by Gasteiger charge is -2.15. The number of rotatable bonds is 1. The van der Waals surface area contributed by atoms with E-state index in [0.29, 0.717) is 5.39 Å². The first-order valence-electron chi connectivity index (χ1n) is 5.37. The molecule has 1 heterocycles. The second-order valence-electron chi connectivity index (χ2n) is 4.12. The second kappa shape index (κ2) is 4.05. The number of aromatic nitrogens is 1. The molecule has 0 saturated carbocycles. The van der Waals surface area contributed by atoms with Gasteiger partial charge in [0.1, 0.15) is 0 Å². The van der Waals surface area contributed by atoms with Gasteiger partial charge in [0.05, 0.1) is 0 Å². The second-order valence-corrected chi connectivity index (χ2v) is 4.12. The number of pyridine rings is 1. The molecule has 0 fully saturated rings. The van der Waals surface area contributed by atoms with Crippen LogP contribution in [-0.2, 0) is 4.79 Å². The number of anilines is 1. The molecule has 4 nitrogen and oxygen atoms in total. The molecular weight excluding hydrogens is 216 g/mol. The number of carbonyl (C=O) groups is 1. The first-order valence-corrected chi connectivity index (χ1v) is 5.37. The predicted molar refractivity (Wildman–Crippen MR) is 68.4 cm³/mol. The summed E-state index contributed by atoms with van der Waals surface area (Å²) in [5.74, 6) is -0.0621. The van der Waals surface area contributed by atoms with Crippen LogP contribution in [0.25, 0.3) is 10.9 Å². The fourth-order valence-electron chi connectivity index (χ4n) is 1.76. The van der Waals surface area contributed by atoms with Crippen molar-refractivity contribution in [1.29, 1.82) is 0 Å². The highest BCUT2D eigenvalue weighted by Gasteiger charge is 2.07. The summed E-state index contributed by atoms with van der Waals surface area (Å²) in [4.78, 5) is 27.7. The van der Waals surface area contributed by atoms with E-state index in [9.17, 15) is 9.59 Å². The lowest BCUT2D eigenvalue weighted by atomic mass is 10.1. The zero-order chi connectivity index (χ0) is 12.6. The predicted octanol–water partition coefficient (Wildman–Crippen LogP) is 1.82. The van der Waals surface area contributed by atoms with E-state index in [4.69, 9.17) is 0 Å². The Bertz CT molecular complexity index is 643. The van der Waals surface area contributed by atoms with E-state index in [0.717, 1.165) is 16.9 Å². The number of aryl methyl sites for hydroxylation is 1. The third-order valence-corrected chi connectivity index (χ3v) is 2.81. The van der Waals surface area contributed by atoms with E-state index in [1.807, 2.05) is 19.1 Å². The molecule has 2 aromatic rings. The SMILES string of the molecule is CC(=O)N(C)c1ccc2[nH]c(C)cc(=O)c2c1. The van der Waals surface area contributed by atoms with Gasteiger partial charge in [-0.15, -0.1) is 0 Å². The van der Waals surface area contributed by atoms with Gasteiger partial charge < -0.3 is 9.88 Å². The van der Waals surface area contributed by atoms with Gasteiger partial charge in [-0.25, -0.2) is 0 Å². The zero-order valence-electron chi connectivity index (χ0n) is 10.1. The Kier molecular flexibility index (Phi) is 2.71. The quantitative estimate of drug-likeness (QED) is 0.812. The largest absolute Gasteiger partial charge is 0.358 e. The Morgan fingerprint density at radius 3 is 2.65 bits per heavy atom. The molecule has 17 heavy (non-hydrogen) atoms. The Morgan fingerprint density at radius 1 is 1.29 bits per heavy atom. The van der Waals surface area contributed by atoms with Crippen LogP contribution < -0.4 is 10.3 Å². The summed E-state index contributed by atoms with van der Waals surface area (Å²) in [7, 11) is 1.69. The highest BCUT2D eigenvalue weighted by molar-refractivity contribution is 5.93. The molecule has 0 aliphatic carbocycles. The molecule has 0 atom stereocenters. The molecular formula is C13H14N2O2. The van der Waals surface area contributed by atoms with Crippen molar-refractivity contribution in [3.05, 3.63) is 40.2 Å². The minimum atomic E-state index is -0.0621. The standard InChI is InChI=1S/C13H14N2O2/c1-8-6-13(17)11-7-10(15(3)9(2)16)4-5-12(11)14-8/h4-7H,1-3H3,(H,14,17). The molecule has 0 radical (unpaired) electrons. The van der Waals surface area contributed by atoms with Crippen molar-refractivity contribution in [1.82, 2.24) is 4.98 Å². The van der Waals surface area contributed by atoms with E-state index in [1.165, 1.54) is 11.8 Å². The molecule has 4 heteroatoms.